The summed E-state index contributed by atoms with van der Waals surface area (Å²) in [6.07, 6.45) is 0.886. The monoisotopic (exact) mass is 411 g/mol. The Morgan fingerprint density at radius 3 is 2.67 bits per heavy atom. The number of amides is 1. The van der Waals surface area contributed by atoms with Gasteiger partial charge in [0.05, 0.1) is 22.3 Å². The number of pyridine rings is 1. The fourth-order valence-corrected chi connectivity index (χ4v) is 3.71. The molecular formula is C22H26FN5O2. The van der Waals surface area contributed by atoms with Crippen molar-refractivity contribution in [2.75, 3.05) is 46.3 Å². The number of carbonyl (C=O) groups is 1. The Hall–Kier alpha value is -2.84. The maximum atomic E-state index is 13.3. The van der Waals surface area contributed by atoms with Crippen LogP contribution in [-0.4, -0.2) is 72.2 Å². The summed E-state index contributed by atoms with van der Waals surface area (Å²) in [4.78, 5) is 22.2. The summed E-state index contributed by atoms with van der Waals surface area (Å²) in [7, 11) is 2.14. The zero-order chi connectivity index (χ0) is 21.1. The Morgan fingerprint density at radius 2 is 1.93 bits per heavy atom. The third kappa shape index (κ3) is 4.49. The minimum Gasteiger partial charge on any atom is -0.352 e. The first-order valence-corrected chi connectivity index (χ1v) is 10.2. The van der Waals surface area contributed by atoms with E-state index in [2.05, 4.69) is 32.3 Å². The molecule has 0 radical (unpaired) electrons. The molecule has 158 valence electrons. The second-order valence-corrected chi connectivity index (χ2v) is 7.76. The fourth-order valence-electron chi connectivity index (χ4n) is 3.71. The SMILES string of the molecule is Cc1noc2nc(-c3ccc(F)cc3)cc(C(=O)NCCCN3CCN(C)CC3)c12. The quantitative estimate of drug-likeness (QED) is 0.629. The average Bonchev–Trinajstić information content (AvgIpc) is 3.13. The van der Waals surface area contributed by atoms with Crippen molar-refractivity contribution in [1.82, 2.24) is 25.3 Å². The highest BCUT2D eigenvalue weighted by Gasteiger charge is 2.19. The number of nitrogens with zero attached hydrogens (tertiary/aromatic N) is 4. The summed E-state index contributed by atoms with van der Waals surface area (Å²) in [6.45, 7) is 7.64. The first kappa shape index (κ1) is 20.4. The van der Waals surface area contributed by atoms with E-state index in [1.165, 1.54) is 12.1 Å². The molecule has 7 nitrogen and oxygen atoms in total. The molecule has 1 amide bonds. The van der Waals surface area contributed by atoms with Gasteiger partial charge in [-0.25, -0.2) is 9.37 Å². The number of likely N-dealkylation sites (N-methyl/N-ethyl adjacent to an activating group) is 1. The molecule has 1 aliphatic heterocycles. The van der Waals surface area contributed by atoms with Gasteiger partial charge in [0.25, 0.3) is 11.6 Å². The number of aromatic nitrogens is 2. The molecule has 1 N–H and O–H groups in total. The van der Waals surface area contributed by atoms with Crippen molar-refractivity contribution in [3.63, 3.8) is 0 Å². The topological polar surface area (TPSA) is 74.5 Å². The van der Waals surface area contributed by atoms with Crippen molar-refractivity contribution in [2.24, 2.45) is 0 Å². The number of halogens is 1. The Kier molecular flexibility index (Phi) is 6.06. The summed E-state index contributed by atoms with van der Waals surface area (Å²) in [5.74, 6) is -0.510. The fraction of sp³-hybridized carbons (Fsp3) is 0.409. The van der Waals surface area contributed by atoms with Crippen LogP contribution in [0.1, 0.15) is 22.5 Å². The van der Waals surface area contributed by atoms with Crippen molar-refractivity contribution in [3.8, 4) is 11.3 Å². The molecule has 0 bridgehead atoms. The smallest absolute Gasteiger partial charge is 0.259 e. The Morgan fingerprint density at radius 1 is 1.20 bits per heavy atom. The van der Waals surface area contributed by atoms with Crippen molar-refractivity contribution < 1.29 is 13.7 Å². The van der Waals surface area contributed by atoms with Crippen LogP contribution in [0.5, 0.6) is 0 Å². The van der Waals surface area contributed by atoms with Crippen molar-refractivity contribution in [2.45, 2.75) is 13.3 Å². The lowest BCUT2D eigenvalue weighted by atomic mass is 10.0. The number of rotatable bonds is 6. The van der Waals surface area contributed by atoms with E-state index < -0.39 is 0 Å². The maximum absolute atomic E-state index is 13.3. The van der Waals surface area contributed by atoms with E-state index in [1.54, 1.807) is 25.1 Å². The lowest BCUT2D eigenvalue weighted by Gasteiger charge is -2.32. The third-order valence-electron chi connectivity index (χ3n) is 5.53. The van der Waals surface area contributed by atoms with Crippen LogP contribution < -0.4 is 5.32 Å². The van der Waals surface area contributed by atoms with Gasteiger partial charge in [-0.2, -0.15) is 0 Å². The van der Waals surface area contributed by atoms with Gasteiger partial charge < -0.3 is 19.6 Å². The maximum Gasteiger partial charge on any atom is 0.259 e. The van der Waals surface area contributed by atoms with Gasteiger partial charge in [0, 0.05) is 38.3 Å². The Balaban J connectivity index is 1.47. The van der Waals surface area contributed by atoms with Gasteiger partial charge >= 0.3 is 0 Å². The molecule has 0 unspecified atom stereocenters. The molecule has 8 heteroatoms. The van der Waals surface area contributed by atoms with E-state index in [9.17, 15) is 9.18 Å². The van der Waals surface area contributed by atoms with E-state index in [0.717, 1.165) is 39.1 Å². The molecule has 3 aromatic rings. The standard InChI is InChI=1S/C22H26FN5O2/c1-15-20-18(21(29)24-8-3-9-28-12-10-27(2)11-13-28)14-19(25-22(20)30-26-15)16-4-6-17(23)7-5-16/h4-7,14H,3,8-13H2,1-2H3,(H,24,29). The summed E-state index contributed by atoms with van der Waals surface area (Å²) >= 11 is 0. The van der Waals surface area contributed by atoms with Crippen LogP contribution in [0.3, 0.4) is 0 Å². The number of aryl methyl sites for hydroxylation is 1. The van der Waals surface area contributed by atoms with E-state index in [-0.39, 0.29) is 11.7 Å². The van der Waals surface area contributed by atoms with Gasteiger partial charge in [0.1, 0.15) is 5.82 Å². The molecule has 30 heavy (non-hydrogen) atoms. The van der Waals surface area contributed by atoms with E-state index >= 15 is 0 Å². The second-order valence-electron chi connectivity index (χ2n) is 7.76. The summed E-state index contributed by atoms with van der Waals surface area (Å²) < 4.78 is 18.6. The summed E-state index contributed by atoms with van der Waals surface area (Å²) in [5, 5.41) is 7.58. The Labute approximate surface area is 174 Å². The molecule has 1 saturated heterocycles. The molecule has 3 heterocycles. The highest BCUT2D eigenvalue weighted by atomic mass is 19.1. The predicted molar refractivity (Wildman–Crippen MR) is 113 cm³/mol. The minimum atomic E-state index is -0.325. The molecule has 1 fully saturated rings. The van der Waals surface area contributed by atoms with Crippen LogP contribution in [0.15, 0.2) is 34.9 Å². The van der Waals surface area contributed by atoms with Crippen molar-refractivity contribution >= 4 is 17.0 Å². The number of nitrogens with one attached hydrogen (secondary N) is 1. The average molecular weight is 411 g/mol. The van der Waals surface area contributed by atoms with Gasteiger partial charge in [0.2, 0.25) is 0 Å². The number of carbonyl (C=O) groups excluding carboxylic acids is 1. The van der Waals surface area contributed by atoms with Crippen LogP contribution in [-0.2, 0) is 0 Å². The molecule has 0 spiro atoms. The van der Waals surface area contributed by atoms with Gasteiger partial charge in [-0.3, -0.25) is 4.79 Å². The zero-order valence-corrected chi connectivity index (χ0v) is 17.3. The molecular weight excluding hydrogens is 385 g/mol. The Bertz CT molecular complexity index is 1030. The van der Waals surface area contributed by atoms with Crippen LogP contribution in [0.4, 0.5) is 4.39 Å². The predicted octanol–water partition coefficient (Wildman–Crippen LogP) is 2.70. The van der Waals surface area contributed by atoms with E-state index in [0.29, 0.717) is 40.2 Å². The molecule has 0 aliphatic carbocycles. The number of piperazine rings is 1. The number of benzene rings is 1. The minimum absolute atomic E-state index is 0.185. The lowest BCUT2D eigenvalue weighted by Crippen LogP contribution is -2.45. The first-order valence-electron chi connectivity index (χ1n) is 10.2. The normalized spacial score (nSPS) is 15.6. The van der Waals surface area contributed by atoms with Crippen molar-refractivity contribution in [3.05, 3.63) is 47.4 Å². The molecule has 0 atom stereocenters. The molecule has 0 saturated carbocycles. The lowest BCUT2D eigenvalue weighted by molar-refractivity contribution is 0.0951. The van der Waals surface area contributed by atoms with Crippen LogP contribution in [0.2, 0.25) is 0 Å². The highest BCUT2D eigenvalue weighted by Crippen LogP contribution is 2.27. The van der Waals surface area contributed by atoms with Gasteiger partial charge in [-0.15, -0.1) is 0 Å². The number of fused-ring (bicyclic) bond motifs is 1. The summed E-state index contributed by atoms with van der Waals surface area (Å²) in [5.41, 5.74) is 2.64. The highest BCUT2D eigenvalue weighted by molar-refractivity contribution is 6.06. The van der Waals surface area contributed by atoms with Crippen LogP contribution >= 0.6 is 0 Å². The van der Waals surface area contributed by atoms with Gasteiger partial charge in [-0.1, -0.05) is 5.16 Å². The van der Waals surface area contributed by atoms with Crippen LogP contribution in [0.25, 0.3) is 22.4 Å². The molecule has 1 aliphatic rings. The third-order valence-corrected chi connectivity index (χ3v) is 5.53. The zero-order valence-electron chi connectivity index (χ0n) is 17.3. The van der Waals surface area contributed by atoms with Gasteiger partial charge in [0.15, 0.2) is 0 Å². The van der Waals surface area contributed by atoms with E-state index in [1.807, 2.05) is 0 Å². The molecule has 2 aromatic heterocycles. The first-order chi connectivity index (χ1) is 14.5. The largest absolute Gasteiger partial charge is 0.352 e. The summed E-state index contributed by atoms with van der Waals surface area (Å²) in [6, 6.07) is 7.71. The molecule has 1 aromatic carbocycles. The van der Waals surface area contributed by atoms with Gasteiger partial charge in [-0.05, 0) is 57.3 Å². The van der Waals surface area contributed by atoms with Crippen LogP contribution in [0, 0.1) is 12.7 Å². The van der Waals surface area contributed by atoms with Crippen molar-refractivity contribution in [1.29, 1.82) is 0 Å². The molecule has 4 rings (SSSR count). The second kappa shape index (κ2) is 8.89. The number of hydrogen-bond acceptors (Lipinski definition) is 6. The number of hydrogen-bond donors (Lipinski definition) is 1. The van der Waals surface area contributed by atoms with E-state index in [4.69, 9.17) is 4.52 Å².